The van der Waals surface area contributed by atoms with Crippen molar-refractivity contribution in [2.75, 3.05) is 4.90 Å². The van der Waals surface area contributed by atoms with Crippen LogP contribution in [-0.2, 0) is 4.79 Å². The number of benzene rings is 2. The van der Waals surface area contributed by atoms with Crippen LogP contribution in [0.15, 0.2) is 46.9 Å². The predicted octanol–water partition coefficient (Wildman–Crippen LogP) is 4.17. The van der Waals surface area contributed by atoms with Crippen LogP contribution in [0.5, 0.6) is 0 Å². The monoisotopic (exact) mass is 384 g/mol. The molecule has 0 bridgehead atoms. The van der Waals surface area contributed by atoms with Crippen molar-refractivity contribution in [3.8, 4) is 0 Å². The molecule has 1 fully saturated rings. The molecule has 1 aliphatic heterocycles. The minimum atomic E-state index is -0.590. The van der Waals surface area contributed by atoms with E-state index < -0.39 is 6.04 Å². The maximum absolute atomic E-state index is 12.1. The zero-order valence-electron chi connectivity index (χ0n) is 10.8. The van der Waals surface area contributed by atoms with E-state index in [4.69, 9.17) is 28.9 Å². The Morgan fingerprint density at radius 1 is 1.10 bits per heavy atom. The molecule has 0 saturated carbocycles. The minimum absolute atomic E-state index is 0.117. The molecule has 0 unspecified atom stereocenters. The lowest BCUT2D eigenvalue weighted by Crippen LogP contribution is -2.63. The van der Waals surface area contributed by atoms with Crippen LogP contribution in [0.1, 0.15) is 11.6 Å². The summed E-state index contributed by atoms with van der Waals surface area (Å²) in [6.07, 6.45) is 0. The van der Waals surface area contributed by atoms with Gasteiger partial charge in [-0.05, 0) is 42.0 Å². The third-order valence-electron chi connectivity index (χ3n) is 3.53. The van der Waals surface area contributed by atoms with Crippen molar-refractivity contribution in [3.63, 3.8) is 0 Å². The number of rotatable bonds is 2. The Hall–Kier alpha value is -1.07. The molecule has 108 valence electrons. The van der Waals surface area contributed by atoms with Crippen molar-refractivity contribution < 1.29 is 4.79 Å². The third-order valence-corrected chi connectivity index (χ3v) is 4.62. The summed E-state index contributed by atoms with van der Waals surface area (Å²) in [7, 11) is 0. The summed E-state index contributed by atoms with van der Waals surface area (Å²) in [6.45, 7) is 0. The lowest BCUT2D eigenvalue weighted by molar-refractivity contribution is -0.126. The first-order valence-electron chi connectivity index (χ1n) is 6.28. The third kappa shape index (κ3) is 2.57. The molecule has 6 heteroatoms. The summed E-state index contributed by atoms with van der Waals surface area (Å²) in [5, 5.41) is 1.07. The fraction of sp³-hybridized carbons (Fsp3) is 0.133. The highest BCUT2D eigenvalue weighted by Crippen LogP contribution is 2.41. The number of nitrogens with zero attached hydrogens (tertiary/aromatic N) is 1. The smallest absolute Gasteiger partial charge is 0.247 e. The van der Waals surface area contributed by atoms with Crippen LogP contribution in [0.3, 0.4) is 0 Å². The maximum Gasteiger partial charge on any atom is 0.247 e. The molecule has 2 N–H and O–H groups in total. The molecular formula is C15H11BrCl2N2O. The summed E-state index contributed by atoms with van der Waals surface area (Å²) in [4.78, 5) is 13.8. The van der Waals surface area contributed by atoms with E-state index >= 15 is 0 Å². The Labute approximate surface area is 140 Å². The minimum Gasteiger partial charge on any atom is -0.318 e. The largest absolute Gasteiger partial charge is 0.318 e. The van der Waals surface area contributed by atoms with Crippen molar-refractivity contribution in [3.05, 3.63) is 62.5 Å². The first-order chi connectivity index (χ1) is 9.99. The number of carbonyl (C=O) groups excluding carboxylic acids is 1. The number of hydrogen-bond donors (Lipinski definition) is 1. The predicted molar refractivity (Wildman–Crippen MR) is 88.8 cm³/mol. The number of anilines is 1. The summed E-state index contributed by atoms with van der Waals surface area (Å²) in [6, 6.07) is 11.9. The molecule has 3 nitrogen and oxygen atoms in total. The average molecular weight is 386 g/mol. The molecule has 0 spiro atoms. The Balaban J connectivity index is 2.00. The summed E-state index contributed by atoms with van der Waals surface area (Å²) in [5.41, 5.74) is 7.57. The van der Waals surface area contributed by atoms with Gasteiger partial charge >= 0.3 is 0 Å². The molecule has 2 aromatic rings. The molecule has 1 saturated heterocycles. The summed E-state index contributed by atoms with van der Waals surface area (Å²) in [5.74, 6) is -0.117. The quantitative estimate of drug-likeness (QED) is 0.788. The zero-order valence-corrected chi connectivity index (χ0v) is 13.9. The van der Waals surface area contributed by atoms with Crippen molar-refractivity contribution in [1.29, 1.82) is 0 Å². The lowest BCUT2D eigenvalue weighted by atomic mass is 9.88. The second-order valence-corrected chi connectivity index (χ2v) is 6.58. The summed E-state index contributed by atoms with van der Waals surface area (Å²) >= 11 is 15.5. The van der Waals surface area contributed by atoms with Crippen LogP contribution in [0.2, 0.25) is 10.0 Å². The number of carbonyl (C=O) groups is 1. The molecule has 21 heavy (non-hydrogen) atoms. The second-order valence-electron chi connectivity index (χ2n) is 4.82. The van der Waals surface area contributed by atoms with Gasteiger partial charge in [-0.2, -0.15) is 0 Å². The topological polar surface area (TPSA) is 46.3 Å². The Morgan fingerprint density at radius 3 is 2.38 bits per heavy atom. The van der Waals surface area contributed by atoms with Crippen molar-refractivity contribution in [2.24, 2.45) is 5.73 Å². The fourth-order valence-electron chi connectivity index (χ4n) is 2.47. The SMILES string of the molecule is N[C@@H]1C(=O)N(c2ccc(Br)cc2)[C@@H]1c1ccc(Cl)cc1Cl. The molecular weight excluding hydrogens is 375 g/mol. The van der Waals surface area contributed by atoms with Gasteiger partial charge in [0.25, 0.3) is 0 Å². The van der Waals surface area contributed by atoms with Gasteiger partial charge in [0.15, 0.2) is 0 Å². The van der Waals surface area contributed by atoms with Gasteiger partial charge in [-0.1, -0.05) is 45.2 Å². The highest BCUT2D eigenvalue weighted by Gasteiger charge is 2.47. The van der Waals surface area contributed by atoms with Crippen LogP contribution in [0.4, 0.5) is 5.69 Å². The standard InChI is InChI=1S/C15H11BrCl2N2O/c16-8-1-4-10(5-2-8)20-14(13(19)15(20)21)11-6-3-9(17)7-12(11)18/h1-7,13-14H,19H2/t13-,14+/m0/s1. The molecule has 1 amide bonds. The molecule has 3 rings (SSSR count). The molecule has 1 aliphatic rings. The molecule has 0 aromatic heterocycles. The van der Waals surface area contributed by atoms with Gasteiger partial charge in [0.05, 0.1) is 6.04 Å². The van der Waals surface area contributed by atoms with Crippen LogP contribution < -0.4 is 10.6 Å². The second kappa shape index (κ2) is 5.61. The molecule has 2 atom stereocenters. The normalized spacial score (nSPS) is 21.3. The van der Waals surface area contributed by atoms with E-state index in [2.05, 4.69) is 15.9 Å². The van der Waals surface area contributed by atoms with E-state index in [1.54, 1.807) is 17.0 Å². The van der Waals surface area contributed by atoms with E-state index in [1.807, 2.05) is 30.3 Å². The number of hydrogen-bond acceptors (Lipinski definition) is 2. The van der Waals surface area contributed by atoms with Gasteiger partial charge in [0.1, 0.15) is 6.04 Å². The summed E-state index contributed by atoms with van der Waals surface area (Å²) < 4.78 is 0.949. The fourth-order valence-corrected chi connectivity index (χ4v) is 3.26. The number of β-lactam (4-membered cyclic amide) rings is 1. The van der Waals surface area contributed by atoms with Gasteiger partial charge in [-0.3, -0.25) is 4.79 Å². The van der Waals surface area contributed by atoms with Gasteiger partial charge < -0.3 is 10.6 Å². The first-order valence-corrected chi connectivity index (χ1v) is 7.83. The molecule has 2 aromatic carbocycles. The van der Waals surface area contributed by atoms with E-state index in [9.17, 15) is 4.79 Å². The van der Waals surface area contributed by atoms with E-state index in [-0.39, 0.29) is 11.9 Å². The highest BCUT2D eigenvalue weighted by molar-refractivity contribution is 9.10. The molecule has 0 radical (unpaired) electrons. The van der Waals surface area contributed by atoms with Gasteiger partial charge in [-0.25, -0.2) is 0 Å². The average Bonchev–Trinajstić information content (AvgIpc) is 2.46. The van der Waals surface area contributed by atoms with Crippen molar-refractivity contribution in [1.82, 2.24) is 0 Å². The number of halogens is 3. The zero-order chi connectivity index (χ0) is 15.1. The van der Waals surface area contributed by atoms with E-state index in [0.29, 0.717) is 10.0 Å². The van der Waals surface area contributed by atoms with Crippen LogP contribution in [0.25, 0.3) is 0 Å². The first kappa shape index (κ1) is 14.9. The Bertz CT molecular complexity index is 705. The van der Waals surface area contributed by atoms with Crippen LogP contribution >= 0.6 is 39.1 Å². The van der Waals surface area contributed by atoms with Gasteiger partial charge in [0, 0.05) is 20.2 Å². The van der Waals surface area contributed by atoms with E-state index in [0.717, 1.165) is 15.7 Å². The molecule has 0 aliphatic carbocycles. The van der Waals surface area contributed by atoms with E-state index in [1.165, 1.54) is 0 Å². The maximum atomic E-state index is 12.1. The van der Waals surface area contributed by atoms with Gasteiger partial charge in [0.2, 0.25) is 5.91 Å². The van der Waals surface area contributed by atoms with Crippen LogP contribution in [0, 0.1) is 0 Å². The highest BCUT2D eigenvalue weighted by atomic mass is 79.9. The molecule has 1 heterocycles. The number of amides is 1. The van der Waals surface area contributed by atoms with Crippen molar-refractivity contribution in [2.45, 2.75) is 12.1 Å². The lowest BCUT2D eigenvalue weighted by Gasteiger charge is -2.46. The Morgan fingerprint density at radius 2 is 1.76 bits per heavy atom. The van der Waals surface area contributed by atoms with Crippen molar-refractivity contribution >= 4 is 50.7 Å². The van der Waals surface area contributed by atoms with Gasteiger partial charge in [-0.15, -0.1) is 0 Å². The number of nitrogens with two attached hydrogens (primary N) is 1. The van der Waals surface area contributed by atoms with Crippen LogP contribution in [-0.4, -0.2) is 11.9 Å². The Kier molecular flexibility index (Phi) is 3.97.